The van der Waals surface area contributed by atoms with E-state index in [1.54, 1.807) is 13.8 Å². The van der Waals surface area contributed by atoms with Crippen LogP contribution in [0.25, 0.3) is 0 Å². The molecule has 2 rings (SSSR count). The van der Waals surface area contributed by atoms with E-state index in [1.165, 1.54) is 25.3 Å². The molecular weight excluding hydrogens is 241 g/mol. The molecule has 0 spiro atoms. The molecule has 19 heavy (non-hydrogen) atoms. The zero-order valence-electron chi connectivity index (χ0n) is 12.1. The third-order valence-electron chi connectivity index (χ3n) is 4.08. The highest BCUT2D eigenvalue weighted by Crippen LogP contribution is 2.33. The molecule has 0 bridgehead atoms. The van der Waals surface area contributed by atoms with Crippen LogP contribution >= 0.6 is 0 Å². The van der Waals surface area contributed by atoms with E-state index in [4.69, 9.17) is 0 Å². The highest BCUT2D eigenvalue weighted by Gasteiger charge is 2.25. The van der Waals surface area contributed by atoms with Gasteiger partial charge in [-0.3, -0.25) is 0 Å². The van der Waals surface area contributed by atoms with E-state index in [1.807, 2.05) is 6.07 Å². The summed E-state index contributed by atoms with van der Waals surface area (Å²) in [4.78, 5) is 2.30. The fraction of sp³-hybridized carbons (Fsp3) is 0.625. The molecule has 1 aromatic rings. The first kappa shape index (κ1) is 14.3. The Labute approximate surface area is 115 Å². The number of halogens is 1. The number of aliphatic hydroxyl groups is 1. The van der Waals surface area contributed by atoms with Crippen LogP contribution in [0.3, 0.4) is 0 Å². The van der Waals surface area contributed by atoms with Crippen molar-refractivity contribution in [2.45, 2.75) is 46.1 Å². The summed E-state index contributed by atoms with van der Waals surface area (Å²) < 4.78 is 13.7. The monoisotopic (exact) mass is 265 g/mol. The second-order valence-corrected chi connectivity index (χ2v) is 5.73. The van der Waals surface area contributed by atoms with Crippen molar-refractivity contribution in [2.24, 2.45) is 5.92 Å². The Hall–Kier alpha value is -1.09. The van der Waals surface area contributed by atoms with Gasteiger partial charge in [-0.05, 0) is 50.3 Å². The van der Waals surface area contributed by atoms with Crippen molar-refractivity contribution in [1.82, 2.24) is 0 Å². The van der Waals surface area contributed by atoms with Crippen LogP contribution in [0.2, 0.25) is 0 Å². The highest BCUT2D eigenvalue weighted by atomic mass is 19.1. The van der Waals surface area contributed by atoms with E-state index < -0.39 is 6.10 Å². The van der Waals surface area contributed by atoms with Crippen molar-refractivity contribution in [1.29, 1.82) is 0 Å². The summed E-state index contributed by atoms with van der Waals surface area (Å²) in [6, 6.07) is 3.37. The zero-order chi connectivity index (χ0) is 14.0. The van der Waals surface area contributed by atoms with Crippen LogP contribution in [0, 0.1) is 18.7 Å². The van der Waals surface area contributed by atoms with Crippen LogP contribution in [0.5, 0.6) is 0 Å². The number of hydrogen-bond acceptors (Lipinski definition) is 2. The van der Waals surface area contributed by atoms with Gasteiger partial charge < -0.3 is 10.0 Å². The van der Waals surface area contributed by atoms with Crippen molar-refractivity contribution in [3.63, 3.8) is 0 Å². The van der Waals surface area contributed by atoms with E-state index >= 15 is 0 Å². The molecule has 106 valence electrons. The Morgan fingerprint density at radius 1 is 1.47 bits per heavy atom. The fourth-order valence-electron chi connectivity index (χ4n) is 2.99. The summed E-state index contributed by atoms with van der Waals surface area (Å²) in [5, 5.41) is 9.86. The minimum absolute atomic E-state index is 0.232. The molecule has 1 aliphatic heterocycles. The summed E-state index contributed by atoms with van der Waals surface area (Å²) >= 11 is 0. The number of aliphatic hydroxyl groups excluding tert-OH is 1. The first-order valence-electron chi connectivity index (χ1n) is 7.26. The van der Waals surface area contributed by atoms with Gasteiger partial charge in [0.05, 0.1) is 6.10 Å². The molecule has 1 unspecified atom stereocenters. The van der Waals surface area contributed by atoms with Gasteiger partial charge in [-0.2, -0.15) is 0 Å². The standard InChI is InChI=1S/C16H24FNO/c1-4-5-13-6-7-18(10-13)16-8-11(2)15(17)9-14(16)12(3)19/h8-9,12-13,19H,4-7,10H2,1-3H3/t12-,13?/m1/s1. The summed E-state index contributed by atoms with van der Waals surface area (Å²) in [5.74, 6) is 0.501. The maximum atomic E-state index is 13.7. The first-order chi connectivity index (χ1) is 9.02. The van der Waals surface area contributed by atoms with E-state index in [9.17, 15) is 9.50 Å². The van der Waals surface area contributed by atoms with Gasteiger partial charge in [0, 0.05) is 24.3 Å². The Morgan fingerprint density at radius 3 is 2.84 bits per heavy atom. The van der Waals surface area contributed by atoms with Crippen molar-refractivity contribution < 1.29 is 9.50 Å². The zero-order valence-corrected chi connectivity index (χ0v) is 12.1. The molecule has 1 N–H and O–H groups in total. The highest BCUT2D eigenvalue weighted by molar-refractivity contribution is 5.57. The third-order valence-corrected chi connectivity index (χ3v) is 4.08. The van der Waals surface area contributed by atoms with Crippen LogP contribution < -0.4 is 4.90 Å². The summed E-state index contributed by atoms with van der Waals surface area (Å²) in [6.07, 6.45) is 3.03. The molecule has 1 heterocycles. The predicted octanol–water partition coefficient (Wildman–Crippen LogP) is 3.81. The van der Waals surface area contributed by atoms with Crippen LogP contribution in [0.1, 0.15) is 50.3 Å². The van der Waals surface area contributed by atoms with Crippen LogP contribution in [-0.2, 0) is 0 Å². The van der Waals surface area contributed by atoms with Gasteiger partial charge in [0.2, 0.25) is 0 Å². The minimum Gasteiger partial charge on any atom is -0.389 e. The first-order valence-corrected chi connectivity index (χ1v) is 7.26. The lowest BCUT2D eigenvalue weighted by Gasteiger charge is -2.24. The molecule has 0 amide bonds. The van der Waals surface area contributed by atoms with Crippen LogP contribution in [0.4, 0.5) is 10.1 Å². The number of nitrogens with zero attached hydrogens (tertiary/aromatic N) is 1. The molecule has 1 aromatic carbocycles. The van der Waals surface area contributed by atoms with Crippen molar-refractivity contribution in [3.8, 4) is 0 Å². The Bertz CT molecular complexity index is 445. The van der Waals surface area contributed by atoms with E-state index in [2.05, 4.69) is 11.8 Å². The molecule has 2 nitrogen and oxygen atoms in total. The molecule has 2 atom stereocenters. The van der Waals surface area contributed by atoms with E-state index in [-0.39, 0.29) is 5.82 Å². The predicted molar refractivity (Wildman–Crippen MR) is 77.0 cm³/mol. The number of rotatable bonds is 4. The maximum absolute atomic E-state index is 13.7. The smallest absolute Gasteiger partial charge is 0.126 e. The summed E-state index contributed by atoms with van der Waals surface area (Å²) in [7, 11) is 0. The summed E-state index contributed by atoms with van der Waals surface area (Å²) in [5.41, 5.74) is 2.37. The minimum atomic E-state index is -0.629. The average molecular weight is 265 g/mol. The van der Waals surface area contributed by atoms with E-state index in [0.717, 1.165) is 24.7 Å². The molecule has 3 heteroatoms. The van der Waals surface area contributed by atoms with Crippen LogP contribution in [-0.4, -0.2) is 18.2 Å². The molecule has 0 aromatic heterocycles. The second-order valence-electron chi connectivity index (χ2n) is 5.73. The number of aryl methyl sites for hydroxylation is 1. The quantitative estimate of drug-likeness (QED) is 0.894. The van der Waals surface area contributed by atoms with Crippen molar-refractivity contribution in [3.05, 3.63) is 29.1 Å². The molecule has 0 aliphatic carbocycles. The molecule has 0 saturated carbocycles. The summed E-state index contributed by atoms with van der Waals surface area (Å²) in [6.45, 7) is 7.73. The molecule has 1 aliphatic rings. The van der Waals surface area contributed by atoms with Crippen molar-refractivity contribution in [2.75, 3.05) is 18.0 Å². The van der Waals surface area contributed by atoms with Gasteiger partial charge in [-0.15, -0.1) is 0 Å². The Kier molecular flexibility index (Phi) is 4.46. The van der Waals surface area contributed by atoms with Gasteiger partial charge >= 0.3 is 0 Å². The van der Waals surface area contributed by atoms with Gasteiger partial charge in [0.1, 0.15) is 5.82 Å². The second kappa shape index (κ2) is 5.91. The molecule has 0 radical (unpaired) electrons. The Morgan fingerprint density at radius 2 is 2.21 bits per heavy atom. The molecule has 1 saturated heterocycles. The van der Waals surface area contributed by atoms with Gasteiger partial charge in [0.15, 0.2) is 0 Å². The van der Waals surface area contributed by atoms with Gasteiger partial charge in [0.25, 0.3) is 0 Å². The largest absolute Gasteiger partial charge is 0.389 e. The third kappa shape index (κ3) is 3.08. The Balaban J connectivity index is 2.26. The normalized spacial score (nSPS) is 20.9. The lowest BCUT2D eigenvalue weighted by molar-refractivity contribution is 0.199. The number of hydrogen-bond donors (Lipinski definition) is 1. The lowest BCUT2D eigenvalue weighted by atomic mass is 10.0. The molecular formula is C16H24FNO. The van der Waals surface area contributed by atoms with Crippen molar-refractivity contribution >= 4 is 5.69 Å². The topological polar surface area (TPSA) is 23.5 Å². The van der Waals surface area contributed by atoms with Gasteiger partial charge in [-0.1, -0.05) is 13.3 Å². The fourth-order valence-corrected chi connectivity index (χ4v) is 2.99. The lowest BCUT2D eigenvalue weighted by Crippen LogP contribution is -2.22. The SMILES string of the molecule is CCCC1CCN(c2cc(C)c(F)cc2[C@@H](C)O)C1. The van der Waals surface area contributed by atoms with Crippen LogP contribution in [0.15, 0.2) is 12.1 Å². The van der Waals surface area contributed by atoms with E-state index in [0.29, 0.717) is 11.1 Å². The maximum Gasteiger partial charge on any atom is 0.126 e. The van der Waals surface area contributed by atoms with Gasteiger partial charge in [-0.25, -0.2) is 4.39 Å². The number of anilines is 1. The average Bonchev–Trinajstić information content (AvgIpc) is 2.81. The number of benzene rings is 1. The molecule has 1 fully saturated rings.